The van der Waals surface area contributed by atoms with Gasteiger partial charge in [-0.1, -0.05) is 23.8 Å². The van der Waals surface area contributed by atoms with E-state index in [-0.39, 0.29) is 24.3 Å². The molecular weight excluding hydrogens is 374 g/mol. The molecule has 3 aromatic rings. The molecule has 154 valence electrons. The van der Waals surface area contributed by atoms with Crippen LogP contribution in [0.5, 0.6) is 5.75 Å². The van der Waals surface area contributed by atoms with Gasteiger partial charge in [0, 0.05) is 20.6 Å². The number of benzene rings is 1. The normalized spacial score (nSPS) is 12.1. The van der Waals surface area contributed by atoms with E-state index in [1.807, 2.05) is 31.2 Å². The van der Waals surface area contributed by atoms with E-state index in [1.54, 1.807) is 17.7 Å². The summed E-state index contributed by atoms with van der Waals surface area (Å²) in [5, 5.41) is 13.6. The first kappa shape index (κ1) is 20.4. The van der Waals surface area contributed by atoms with E-state index < -0.39 is 17.4 Å². The van der Waals surface area contributed by atoms with Crippen LogP contribution in [0.4, 0.5) is 5.95 Å². The molecule has 0 amide bonds. The van der Waals surface area contributed by atoms with Crippen molar-refractivity contribution in [3.05, 3.63) is 63.3 Å². The van der Waals surface area contributed by atoms with Gasteiger partial charge >= 0.3 is 5.69 Å². The van der Waals surface area contributed by atoms with Crippen LogP contribution in [0.1, 0.15) is 5.56 Å². The average molecular weight is 399 g/mol. The molecule has 29 heavy (non-hydrogen) atoms. The molecule has 0 aliphatic carbocycles. The number of hydrogen-bond acceptors (Lipinski definition) is 6. The molecule has 0 fully saturated rings. The average Bonchev–Trinajstić information content (AvgIpc) is 3.07. The highest BCUT2D eigenvalue weighted by atomic mass is 16.5. The minimum absolute atomic E-state index is 0.0374. The first-order valence-corrected chi connectivity index (χ1v) is 9.22. The van der Waals surface area contributed by atoms with Crippen LogP contribution >= 0.6 is 0 Å². The molecule has 9 heteroatoms. The van der Waals surface area contributed by atoms with Crippen LogP contribution in [-0.4, -0.2) is 43.0 Å². The molecule has 0 unspecified atom stereocenters. The maximum Gasteiger partial charge on any atom is 0.332 e. The van der Waals surface area contributed by atoms with Crippen molar-refractivity contribution in [1.82, 2.24) is 18.7 Å². The van der Waals surface area contributed by atoms with Gasteiger partial charge < -0.3 is 19.7 Å². The van der Waals surface area contributed by atoms with Gasteiger partial charge in [-0.25, -0.2) is 4.79 Å². The third-order valence-corrected chi connectivity index (χ3v) is 4.61. The van der Waals surface area contributed by atoms with Crippen LogP contribution in [-0.2, 0) is 20.6 Å². The summed E-state index contributed by atoms with van der Waals surface area (Å²) in [6, 6.07) is 7.51. The van der Waals surface area contributed by atoms with E-state index in [4.69, 9.17) is 4.74 Å². The van der Waals surface area contributed by atoms with Crippen molar-refractivity contribution >= 4 is 17.1 Å². The summed E-state index contributed by atoms with van der Waals surface area (Å²) in [4.78, 5) is 29.3. The summed E-state index contributed by atoms with van der Waals surface area (Å²) in [6.45, 7) is 6.16. The van der Waals surface area contributed by atoms with Gasteiger partial charge in [0.05, 0.1) is 6.54 Å². The molecule has 0 aliphatic heterocycles. The van der Waals surface area contributed by atoms with Crippen molar-refractivity contribution in [3.63, 3.8) is 0 Å². The number of nitrogens with zero attached hydrogens (tertiary/aromatic N) is 4. The topological polar surface area (TPSA) is 103 Å². The number of aliphatic hydroxyl groups is 1. The van der Waals surface area contributed by atoms with Gasteiger partial charge in [0.2, 0.25) is 5.95 Å². The van der Waals surface area contributed by atoms with Crippen molar-refractivity contribution in [2.75, 3.05) is 18.5 Å². The second kappa shape index (κ2) is 8.36. The molecular formula is C20H25N5O4. The molecule has 2 heterocycles. The third-order valence-electron chi connectivity index (χ3n) is 4.61. The minimum atomic E-state index is -0.903. The number of aromatic nitrogens is 4. The zero-order chi connectivity index (χ0) is 21.1. The smallest absolute Gasteiger partial charge is 0.332 e. The van der Waals surface area contributed by atoms with Crippen molar-refractivity contribution in [1.29, 1.82) is 0 Å². The fourth-order valence-electron chi connectivity index (χ4n) is 3.01. The molecule has 0 radical (unpaired) electrons. The molecule has 2 N–H and O–H groups in total. The van der Waals surface area contributed by atoms with E-state index in [0.717, 1.165) is 10.1 Å². The Morgan fingerprint density at radius 2 is 1.93 bits per heavy atom. The van der Waals surface area contributed by atoms with E-state index in [9.17, 15) is 14.7 Å². The molecule has 2 aromatic heterocycles. The Morgan fingerprint density at radius 1 is 1.24 bits per heavy atom. The first-order valence-electron chi connectivity index (χ1n) is 9.22. The Balaban J connectivity index is 1.93. The minimum Gasteiger partial charge on any atom is -0.491 e. The Hall–Kier alpha value is -3.33. The van der Waals surface area contributed by atoms with Crippen LogP contribution in [0.15, 0.2) is 46.5 Å². The molecule has 1 aromatic carbocycles. The number of anilines is 1. The summed E-state index contributed by atoms with van der Waals surface area (Å²) in [5.41, 5.74) is 0.647. The number of nitrogens with one attached hydrogen (secondary N) is 1. The molecule has 0 bridgehead atoms. The van der Waals surface area contributed by atoms with Crippen LogP contribution in [0.3, 0.4) is 0 Å². The largest absolute Gasteiger partial charge is 0.491 e. The summed E-state index contributed by atoms with van der Waals surface area (Å²) in [6.07, 6.45) is 0.748. The fourth-order valence-corrected chi connectivity index (χ4v) is 3.01. The van der Waals surface area contributed by atoms with Crippen molar-refractivity contribution in [2.24, 2.45) is 14.1 Å². The summed E-state index contributed by atoms with van der Waals surface area (Å²) >= 11 is 0. The number of hydrogen-bond donors (Lipinski definition) is 2. The number of aliphatic hydroxyl groups excluding tert-OH is 1. The highest BCUT2D eigenvalue weighted by Crippen LogP contribution is 2.17. The van der Waals surface area contributed by atoms with E-state index in [1.165, 1.54) is 11.6 Å². The van der Waals surface area contributed by atoms with Gasteiger partial charge in [-0.2, -0.15) is 4.98 Å². The number of imidazole rings is 1. The van der Waals surface area contributed by atoms with Crippen LogP contribution < -0.4 is 21.3 Å². The lowest BCUT2D eigenvalue weighted by Gasteiger charge is -2.16. The van der Waals surface area contributed by atoms with Crippen LogP contribution in [0, 0.1) is 6.92 Å². The van der Waals surface area contributed by atoms with Crippen molar-refractivity contribution in [2.45, 2.75) is 19.6 Å². The van der Waals surface area contributed by atoms with Gasteiger partial charge in [-0.3, -0.25) is 13.9 Å². The van der Waals surface area contributed by atoms with E-state index in [2.05, 4.69) is 16.9 Å². The lowest BCUT2D eigenvalue weighted by atomic mass is 10.2. The van der Waals surface area contributed by atoms with Crippen molar-refractivity contribution in [3.8, 4) is 5.75 Å². The highest BCUT2D eigenvalue weighted by molar-refractivity contribution is 5.74. The maximum atomic E-state index is 12.7. The monoisotopic (exact) mass is 399 g/mol. The fraction of sp³-hybridized carbons (Fsp3) is 0.350. The van der Waals surface area contributed by atoms with Gasteiger partial charge in [0.1, 0.15) is 18.5 Å². The Morgan fingerprint density at radius 3 is 2.59 bits per heavy atom. The second-order valence-corrected chi connectivity index (χ2v) is 6.87. The second-order valence-electron chi connectivity index (χ2n) is 6.87. The van der Waals surface area contributed by atoms with Crippen LogP contribution in [0.25, 0.3) is 11.2 Å². The Bertz CT molecular complexity index is 1140. The summed E-state index contributed by atoms with van der Waals surface area (Å²) < 4.78 is 9.54. The zero-order valence-electron chi connectivity index (χ0n) is 16.8. The number of aryl methyl sites for hydroxylation is 2. The standard InChI is InChI=1S/C20H25N5O4/c1-5-10-21-19-22-17-16(18(27)24(4)20(28)23(17)3)25(19)11-14(26)12-29-15-8-6-13(2)7-9-15/h5-9,14,26H,1,10-12H2,2-4H3,(H,21,22)/t14-/m1/s1. The van der Waals surface area contributed by atoms with Gasteiger partial charge in [-0.05, 0) is 19.1 Å². The first-order chi connectivity index (χ1) is 13.8. The molecule has 0 spiro atoms. The summed E-state index contributed by atoms with van der Waals surface area (Å²) in [5.74, 6) is 1.01. The molecule has 0 saturated carbocycles. The SMILES string of the molecule is C=CCNc1nc2c(c(=O)n(C)c(=O)n2C)n1C[C@@H](O)COc1ccc(C)cc1. The lowest BCUT2D eigenvalue weighted by molar-refractivity contribution is 0.0938. The molecule has 0 aliphatic rings. The Kier molecular flexibility index (Phi) is 5.88. The zero-order valence-corrected chi connectivity index (χ0v) is 16.8. The molecule has 1 atom stereocenters. The molecule has 0 saturated heterocycles. The van der Waals surface area contributed by atoms with E-state index >= 15 is 0 Å². The maximum absolute atomic E-state index is 12.7. The lowest BCUT2D eigenvalue weighted by Crippen LogP contribution is -2.38. The highest BCUT2D eigenvalue weighted by Gasteiger charge is 2.21. The quantitative estimate of drug-likeness (QED) is 0.543. The predicted octanol–water partition coefficient (Wildman–Crippen LogP) is 0.780. The van der Waals surface area contributed by atoms with Crippen LogP contribution in [0.2, 0.25) is 0 Å². The van der Waals surface area contributed by atoms with Gasteiger partial charge in [0.15, 0.2) is 11.2 Å². The molecule has 9 nitrogen and oxygen atoms in total. The number of rotatable bonds is 8. The third kappa shape index (κ3) is 4.09. The van der Waals surface area contributed by atoms with Gasteiger partial charge in [-0.15, -0.1) is 6.58 Å². The van der Waals surface area contributed by atoms with Crippen molar-refractivity contribution < 1.29 is 9.84 Å². The van der Waals surface area contributed by atoms with E-state index in [0.29, 0.717) is 18.2 Å². The number of fused-ring (bicyclic) bond motifs is 1. The molecule has 3 rings (SSSR count). The Labute approximate surface area is 167 Å². The van der Waals surface area contributed by atoms with Gasteiger partial charge in [0.25, 0.3) is 5.56 Å². The predicted molar refractivity (Wildman–Crippen MR) is 112 cm³/mol. The summed E-state index contributed by atoms with van der Waals surface area (Å²) in [7, 11) is 2.96. The number of ether oxygens (including phenoxy) is 1.